The number of para-hydroxylation sites is 4. The average molecular weight is 615 g/mol. The van der Waals surface area contributed by atoms with E-state index in [1.54, 1.807) is 0 Å². The van der Waals surface area contributed by atoms with Gasteiger partial charge >= 0.3 is 0 Å². The first-order valence-corrected chi connectivity index (χ1v) is 16.0. The Morgan fingerprint density at radius 1 is 0.702 bits per heavy atom. The summed E-state index contributed by atoms with van der Waals surface area (Å²) >= 11 is 0. The van der Waals surface area contributed by atoms with Crippen LogP contribution in [0.1, 0.15) is 26.3 Å². The van der Waals surface area contributed by atoms with Crippen LogP contribution in [0, 0.1) is 0 Å². The van der Waals surface area contributed by atoms with E-state index in [-0.39, 0.29) is 5.41 Å². The van der Waals surface area contributed by atoms with Crippen LogP contribution in [-0.2, 0) is 5.41 Å². The highest BCUT2D eigenvalue weighted by molar-refractivity contribution is 6.10. The van der Waals surface area contributed by atoms with Crippen LogP contribution in [0.5, 0.6) is 11.5 Å². The maximum Gasteiger partial charge on any atom is 0.178 e. The maximum absolute atomic E-state index is 6.84. The largest absolute Gasteiger partial charge is 0.453 e. The number of anilines is 3. The first kappa shape index (κ1) is 27.6. The Morgan fingerprint density at radius 3 is 2.30 bits per heavy atom. The molecule has 6 nitrogen and oxygen atoms in total. The van der Waals surface area contributed by atoms with E-state index in [0.717, 1.165) is 62.3 Å². The molecule has 6 heteroatoms. The second kappa shape index (κ2) is 10.1. The van der Waals surface area contributed by atoms with Gasteiger partial charge in [-0.2, -0.15) is 0 Å². The van der Waals surface area contributed by atoms with Crippen LogP contribution < -0.4 is 14.5 Å². The second-order valence-electron chi connectivity index (χ2n) is 13.5. The minimum absolute atomic E-state index is 0.00163. The van der Waals surface area contributed by atoms with Crippen LogP contribution in [0.2, 0.25) is 0 Å². The van der Waals surface area contributed by atoms with Crippen molar-refractivity contribution >= 4 is 60.8 Å². The lowest BCUT2D eigenvalue weighted by atomic mass is 9.88. The quantitative estimate of drug-likeness (QED) is 0.197. The van der Waals surface area contributed by atoms with Crippen LogP contribution in [0.4, 0.5) is 17.1 Å². The van der Waals surface area contributed by atoms with E-state index in [1.165, 1.54) is 22.3 Å². The summed E-state index contributed by atoms with van der Waals surface area (Å²) in [4.78, 5) is 9.45. The standard InChI is InChI=1S/C41H34N4O2/c1-41(2,3)26-19-20-42-39(21-26)45-33-13-7-5-11-29(33)30-18-17-28(24-36(30)45)46-38-23-27(44-25-43(4)34-14-8-9-15-35(34)44)22-32-31-12-6-10-16-37(31)47-40(32)38/h5-24H,25H2,1-4H3. The molecule has 8 aromatic rings. The van der Waals surface area contributed by atoms with Crippen molar-refractivity contribution in [1.82, 2.24) is 9.55 Å². The van der Waals surface area contributed by atoms with Crippen molar-refractivity contribution < 1.29 is 9.15 Å². The lowest BCUT2D eigenvalue weighted by molar-refractivity contribution is 0.477. The maximum atomic E-state index is 6.84. The number of hydrogen-bond acceptors (Lipinski definition) is 5. The Labute approximate surface area is 273 Å². The van der Waals surface area contributed by atoms with Crippen molar-refractivity contribution in [2.24, 2.45) is 0 Å². The van der Waals surface area contributed by atoms with Gasteiger partial charge < -0.3 is 19.0 Å². The zero-order valence-corrected chi connectivity index (χ0v) is 26.9. The molecule has 0 spiro atoms. The van der Waals surface area contributed by atoms with Crippen molar-refractivity contribution in [3.8, 4) is 17.3 Å². The molecule has 4 heterocycles. The molecule has 0 aliphatic carbocycles. The number of benzene rings is 5. The van der Waals surface area contributed by atoms with E-state index in [4.69, 9.17) is 14.1 Å². The van der Waals surface area contributed by atoms with Gasteiger partial charge in [-0.25, -0.2) is 4.98 Å². The van der Waals surface area contributed by atoms with Gasteiger partial charge in [0.15, 0.2) is 11.3 Å². The van der Waals surface area contributed by atoms with Gasteiger partial charge in [0.25, 0.3) is 0 Å². The van der Waals surface area contributed by atoms with Crippen LogP contribution in [0.15, 0.2) is 126 Å². The number of fused-ring (bicyclic) bond motifs is 7. The van der Waals surface area contributed by atoms with Gasteiger partial charge in [-0.05, 0) is 65.6 Å². The normalized spacial score (nSPS) is 13.4. The summed E-state index contributed by atoms with van der Waals surface area (Å²) in [5.74, 6) is 2.29. The third-order valence-electron chi connectivity index (χ3n) is 9.39. The summed E-state index contributed by atoms with van der Waals surface area (Å²) in [6.07, 6.45) is 1.91. The molecule has 0 N–H and O–H groups in total. The molecular weight excluding hydrogens is 580 g/mol. The molecule has 0 saturated heterocycles. The van der Waals surface area contributed by atoms with Crippen molar-refractivity contribution in [3.05, 3.63) is 127 Å². The topological polar surface area (TPSA) is 46.7 Å². The van der Waals surface area contributed by atoms with Gasteiger partial charge in [0.1, 0.15) is 17.2 Å². The van der Waals surface area contributed by atoms with E-state index in [2.05, 4.69) is 145 Å². The monoisotopic (exact) mass is 614 g/mol. The highest BCUT2D eigenvalue weighted by Crippen LogP contribution is 2.46. The number of nitrogens with zero attached hydrogens (tertiary/aromatic N) is 4. The highest BCUT2D eigenvalue weighted by Gasteiger charge is 2.26. The first-order chi connectivity index (χ1) is 22.8. The molecule has 5 aromatic carbocycles. The minimum Gasteiger partial charge on any atom is -0.453 e. The Morgan fingerprint density at radius 2 is 1.45 bits per heavy atom. The zero-order chi connectivity index (χ0) is 31.9. The van der Waals surface area contributed by atoms with Crippen molar-refractivity contribution in [3.63, 3.8) is 0 Å². The van der Waals surface area contributed by atoms with E-state index < -0.39 is 0 Å². The van der Waals surface area contributed by atoms with Crippen molar-refractivity contribution in [1.29, 1.82) is 0 Å². The summed E-state index contributed by atoms with van der Waals surface area (Å²) < 4.78 is 15.6. The van der Waals surface area contributed by atoms with E-state index in [1.807, 2.05) is 18.3 Å². The minimum atomic E-state index is -0.00163. The average Bonchev–Trinajstić information content (AvgIpc) is 3.74. The highest BCUT2D eigenvalue weighted by atomic mass is 16.5. The zero-order valence-electron chi connectivity index (χ0n) is 26.9. The predicted molar refractivity (Wildman–Crippen MR) is 193 cm³/mol. The van der Waals surface area contributed by atoms with Gasteiger partial charge in [-0.3, -0.25) is 4.57 Å². The summed E-state index contributed by atoms with van der Waals surface area (Å²) in [7, 11) is 2.13. The molecule has 0 unspecified atom stereocenters. The molecule has 9 rings (SSSR count). The Bertz CT molecular complexity index is 2500. The number of furan rings is 1. The Hall–Kier alpha value is -5.75. The van der Waals surface area contributed by atoms with Crippen LogP contribution in [0.25, 0.3) is 49.6 Å². The molecule has 0 amide bonds. The van der Waals surface area contributed by atoms with Crippen LogP contribution in [-0.4, -0.2) is 23.3 Å². The smallest absolute Gasteiger partial charge is 0.178 e. The molecule has 0 atom stereocenters. The number of pyridine rings is 1. The number of ether oxygens (including phenoxy) is 1. The molecule has 1 aliphatic rings. The van der Waals surface area contributed by atoms with Gasteiger partial charge in [-0.1, -0.05) is 69.3 Å². The van der Waals surface area contributed by atoms with Crippen molar-refractivity contribution in [2.45, 2.75) is 26.2 Å². The number of hydrogen-bond donors (Lipinski definition) is 0. The lowest BCUT2D eigenvalue weighted by Gasteiger charge is -2.21. The molecule has 3 aromatic heterocycles. The summed E-state index contributed by atoms with van der Waals surface area (Å²) in [6.45, 7) is 7.44. The third-order valence-corrected chi connectivity index (χ3v) is 9.39. The predicted octanol–water partition coefficient (Wildman–Crippen LogP) is 10.7. The fraction of sp³-hybridized carbons (Fsp3) is 0.146. The Kier molecular flexibility index (Phi) is 5.94. The molecule has 0 saturated carbocycles. The van der Waals surface area contributed by atoms with Gasteiger partial charge in [0, 0.05) is 52.6 Å². The summed E-state index contributed by atoms with van der Waals surface area (Å²) in [6, 6.07) is 40.2. The first-order valence-electron chi connectivity index (χ1n) is 16.0. The molecule has 230 valence electrons. The van der Waals surface area contributed by atoms with E-state index in [0.29, 0.717) is 5.75 Å². The molecule has 1 aliphatic heterocycles. The number of rotatable bonds is 4. The molecule has 0 fully saturated rings. The fourth-order valence-corrected chi connectivity index (χ4v) is 7.01. The summed E-state index contributed by atoms with van der Waals surface area (Å²) in [5.41, 5.74) is 8.37. The van der Waals surface area contributed by atoms with E-state index >= 15 is 0 Å². The van der Waals surface area contributed by atoms with Gasteiger partial charge in [0.2, 0.25) is 0 Å². The fourth-order valence-electron chi connectivity index (χ4n) is 7.01. The summed E-state index contributed by atoms with van der Waals surface area (Å²) in [5, 5.41) is 4.42. The van der Waals surface area contributed by atoms with Crippen LogP contribution in [0.3, 0.4) is 0 Å². The van der Waals surface area contributed by atoms with E-state index in [9.17, 15) is 0 Å². The van der Waals surface area contributed by atoms with Crippen LogP contribution >= 0.6 is 0 Å². The number of aromatic nitrogens is 2. The molecule has 0 bridgehead atoms. The molecular formula is C41H34N4O2. The Balaban J connectivity index is 1.23. The molecule has 0 radical (unpaired) electrons. The van der Waals surface area contributed by atoms with Crippen molar-refractivity contribution in [2.75, 3.05) is 23.5 Å². The van der Waals surface area contributed by atoms with Gasteiger partial charge in [-0.15, -0.1) is 0 Å². The second-order valence-corrected chi connectivity index (χ2v) is 13.5. The SMILES string of the molecule is CN1CN(c2cc(Oc3ccc4c5ccccc5n(-c5cc(C(C)(C)C)ccn5)c4c3)c3oc4ccccc4c3c2)c2ccccc21. The third kappa shape index (κ3) is 4.36. The molecule has 47 heavy (non-hydrogen) atoms. The lowest BCUT2D eigenvalue weighted by Crippen LogP contribution is -2.23. The van der Waals surface area contributed by atoms with Gasteiger partial charge in [0.05, 0.1) is 29.1 Å².